The molecule has 27 heavy (non-hydrogen) atoms. The van der Waals surface area contributed by atoms with Gasteiger partial charge in [-0.2, -0.15) is 0 Å². The maximum Gasteiger partial charge on any atom is 0.222 e. The molecule has 4 N–H and O–H groups in total. The van der Waals surface area contributed by atoms with Crippen LogP contribution in [0.25, 0.3) is 0 Å². The zero-order valence-electron chi connectivity index (χ0n) is 14.9. The minimum Gasteiger partial charge on any atom is -0.497 e. The van der Waals surface area contributed by atoms with Crippen LogP contribution in [0, 0.1) is 0 Å². The Labute approximate surface area is 162 Å². The molecule has 0 spiro atoms. The Morgan fingerprint density at radius 3 is 2.52 bits per heavy atom. The smallest absolute Gasteiger partial charge is 0.222 e. The summed E-state index contributed by atoms with van der Waals surface area (Å²) in [6.45, 7) is -0.377. The highest BCUT2D eigenvalue weighted by Crippen LogP contribution is 2.37. The molecule has 0 saturated carbocycles. The van der Waals surface area contributed by atoms with Gasteiger partial charge in [0.1, 0.15) is 11.9 Å². The molecule has 3 rings (SSSR count). The first-order chi connectivity index (χ1) is 12.9. The number of hydrogen-bond acceptors (Lipinski definition) is 6. The fraction of sp³-hybridized carbons (Fsp3) is 0.400. The average molecular weight is 395 g/mol. The molecule has 6 nitrogen and oxygen atoms in total. The Kier molecular flexibility index (Phi) is 6.05. The van der Waals surface area contributed by atoms with E-state index in [1.54, 1.807) is 19.2 Å². The topological polar surface area (TPSA) is 99.4 Å². The monoisotopic (exact) mass is 394 g/mol. The molecule has 1 fully saturated rings. The van der Waals surface area contributed by atoms with Crippen LogP contribution in [-0.2, 0) is 16.9 Å². The van der Waals surface area contributed by atoms with Crippen LogP contribution in [0.15, 0.2) is 42.5 Å². The lowest BCUT2D eigenvalue weighted by atomic mass is 9.88. The lowest BCUT2D eigenvalue weighted by Gasteiger charge is -2.43. The van der Waals surface area contributed by atoms with Crippen molar-refractivity contribution in [1.82, 2.24) is 0 Å². The van der Waals surface area contributed by atoms with E-state index in [-0.39, 0.29) is 18.6 Å². The molecule has 0 radical (unpaired) electrons. The van der Waals surface area contributed by atoms with Gasteiger partial charge in [-0.25, -0.2) is 0 Å². The number of benzene rings is 2. The predicted octanol–water partition coefficient (Wildman–Crippen LogP) is 1.59. The van der Waals surface area contributed by atoms with Gasteiger partial charge in [0.2, 0.25) is 5.79 Å². The highest BCUT2D eigenvalue weighted by atomic mass is 35.5. The van der Waals surface area contributed by atoms with Gasteiger partial charge in [0, 0.05) is 17.0 Å². The Morgan fingerprint density at radius 1 is 1.19 bits per heavy atom. The fourth-order valence-corrected chi connectivity index (χ4v) is 3.46. The van der Waals surface area contributed by atoms with Crippen molar-refractivity contribution >= 4 is 11.6 Å². The SMILES string of the molecule is COc1ccc(Cc2cc([C@@]3(O)O[C@H](CO)C[C@H](O)[C@H]3O)ccc2Cl)cc1. The summed E-state index contributed by atoms with van der Waals surface area (Å²) in [6, 6.07) is 12.3. The molecule has 0 aliphatic carbocycles. The molecule has 2 aromatic rings. The Bertz CT molecular complexity index is 781. The third-order valence-corrected chi connectivity index (χ3v) is 5.20. The molecule has 2 aromatic carbocycles. The predicted molar refractivity (Wildman–Crippen MR) is 99.7 cm³/mol. The van der Waals surface area contributed by atoms with Crippen molar-refractivity contribution in [1.29, 1.82) is 0 Å². The molecule has 1 aliphatic rings. The Hall–Kier alpha value is -1.67. The lowest BCUT2D eigenvalue weighted by molar-refractivity contribution is -0.334. The first kappa shape index (κ1) is 20.1. The zero-order valence-corrected chi connectivity index (χ0v) is 15.6. The summed E-state index contributed by atoms with van der Waals surface area (Å²) in [7, 11) is 1.60. The van der Waals surface area contributed by atoms with Crippen molar-refractivity contribution < 1.29 is 29.9 Å². The number of hydrogen-bond donors (Lipinski definition) is 4. The second-order valence-corrected chi connectivity index (χ2v) is 7.11. The highest BCUT2D eigenvalue weighted by Gasteiger charge is 2.49. The van der Waals surface area contributed by atoms with Gasteiger partial charge in [-0.3, -0.25) is 0 Å². The number of halogens is 1. The third-order valence-electron chi connectivity index (χ3n) is 4.83. The van der Waals surface area contributed by atoms with Crippen LogP contribution in [0.1, 0.15) is 23.1 Å². The Morgan fingerprint density at radius 2 is 1.89 bits per heavy atom. The first-order valence-electron chi connectivity index (χ1n) is 8.66. The van der Waals surface area contributed by atoms with E-state index in [0.29, 0.717) is 11.4 Å². The van der Waals surface area contributed by atoms with E-state index in [2.05, 4.69) is 0 Å². The Balaban J connectivity index is 1.91. The summed E-state index contributed by atoms with van der Waals surface area (Å²) in [6.07, 6.45) is -3.02. The molecule has 1 saturated heterocycles. The molecule has 7 heteroatoms. The standard InChI is InChI=1S/C20H23ClO6/c1-26-15-5-2-12(3-6-15)8-13-9-14(4-7-17(13)21)20(25)19(24)18(23)10-16(11-22)27-20/h2-7,9,16,18-19,22-25H,8,10-11H2,1H3/t16-,18-,19+,20+/m0/s1. The van der Waals surface area contributed by atoms with Gasteiger partial charge in [0.05, 0.1) is 25.9 Å². The maximum atomic E-state index is 10.9. The van der Waals surface area contributed by atoms with E-state index in [9.17, 15) is 20.4 Å². The lowest BCUT2D eigenvalue weighted by Crippen LogP contribution is -2.56. The van der Waals surface area contributed by atoms with Crippen LogP contribution in [-0.4, -0.2) is 52.5 Å². The molecule has 4 atom stereocenters. The van der Waals surface area contributed by atoms with E-state index >= 15 is 0 Å². The van der Waals surface area contributed by atoms with Crippen molar-refractivity contribution in [3.05, 3.63) is 64.2 Å². The van der Waals surface area contributed by atoms with Gasteiger partial charge < -0.3 is 29.9 Å². The summed E-state index contributed by atoms with van der Waals surface area (Å²) in [5.41, 5.74) is 1.98. The maximum absolute atomic E-state index is 10.9. The second kappa shape index (κ2) is 8.14. The van der Waals surface area contributed by atoms with Crippen molar-refractivity contribution in [2.75, 3.05) is 13.7 Å². The summed E-state index contributed by atoms with van der Waals surface area (Å²) in [5, 5.41) is 41.1. The fourth-order valence-electron chi connectivity index (χ4n) is 3.28. The van der Waals surface area contributed by atoms with Crippen LogP contribution in [0.5, 0.6) is 5.75 Å². The van der Waals surface area contributed by atoms with E-state index in [1.807, 2.05) is 24.3 Å². The minimum absolute atomic E-state index is 0.0340. The highest BCUT2D eigenvalue weighted by molar-refractivity contribution is 6.31. The summed E-state index contributed by atoms with van der Waals surface area (Å²) in [5.74, 6) is -1.39. The first-order valence-corrected chi connectivity index (χ1v) is 9.04. The molecule has 0 aromatic heterocycles. The van der Waals surface area contributed by atoms with E-state index in [4.69, 9.17) is 21.1 Å². The van der Waals surface area contributed by atoms with Crippen LogP contribution in [0.3, 0.4) is 0 Å². The van der Waals surface area contributed by atoms with Gasteiger partial charge in [-0.15, -0.1) is 0 Å². The van der Waals surface area contributed by atoms with Crippen LogP contribution < -0.4 is 4.74 Å². The van der Waals surface area contributed by atoms with E-state index < -0.39 is 24.1 Å². The van der Waals surface area contributed by atoms with Crippen LogP contribution in [0.2, 0.25) is 5.02 Å². The number of aliphatic hydroxyl groups is 4. The third kappa shape index (κ3) is 4.11. The van der Waals surface area contributed by atoms with E-state index in [0.717, 1.165) is 16.9 Å². The van der Waals surface area contributed by atoms with Crippen LogP contribution >= 0.6 is 11.6 Å². The number of aliphatic hydroxyl groups excluding tert-OH is 3. The zero-order chi connectivity index (χ0) is 19.6. The quantitative estimate of drug-likeness (QED) is 0.614. The number of methoxy groups -OCH3 is 1. The summed E-state index contributed by atoms with van der Waals surface area (Å²) >= 11 is 6.31. The summed E-state index contributed by atoms with van der Waals surface area (Å²) in [4.78, 5) is 0. The van der Waals surface area contributed by atoms with Crippen molar-refractivity contribution in [3.8, 4) is 5.75 Å². The van der Waals surface area contributed by atoms with Gasteiger partial charge in [-0.05, 0) is 41.8 Å². The van der Waals surface area contributed by atoms with E-state index in [1.165, 1.54) is 6.07 Å². The number of ether oxygens (including phenoxy) is 2. The van der Waals surface area contributed by atoms with Crippen molar-refractivity contribution in [2.45, 2.75) is 36.9 Å². The molecule has 0 amide bonds. The van der Waals surface area contributed by atoms with Gasteiger partial charge in [0.25, 0.3) is 0 Å². The molecule has 146 valence electrons. The largest absolute Gasteiger partial charge is 0.497 e. The average Bonchev–Trinajstić information content (AvgIpc) is 2.68. The normalized spacial score (nSPS) is 28.1. The number of rotatable bonds is 5. The minimum atomic E-state index is -2.13. The van der Waals surface area contributed by atoms with Crippen molar-refractivity contribution in [3.63, 3.8) is 0 Å². The molecule has 0 bridgehead atoms. The molecule has 0 unspecified atom stereocenters. The summed E-state index contributed by atoms with van der Waals surface area (Å²) < 4.78 is 10.7. The molecule has 1 aliphatic heterocycles. The van der Waals surface area contributed by atoms with Gasteiger partial charge in [-0.1, -0.05) is 29.8 Å². The molecule has 1 heterocycles. The molecular formula is C20H23ClO6. The second-order valence-electron chi connectivity index (χ2n) is 6.70. The van der Waals surface area contributed by atoms with Crippen LogP contribution in [0.4, 0.5) is 0 Å². The van der Waals surface area contributed by atoms with Crippen molar-refractivity contribution in [2.24, 2.45) is 0 Å². The van der Waals surface area contributed by atoms with Gasteiger partial charge >= 0.3 is 0 Å². The van der Waals surface area contributed by atoms with Gasteiger partial charge in [0.15, 0.2) is 0 Å². The molecular weight excluding hydrogens is 372 g/mol.